The van der Waals surface area contributed by atoms with Crippen LogP contribution in [0.2, 0.25) is 0 Å². The van der Waals surface area contributed by atoms with E-state index in [1.807, 2.05) is 73.7 Å². The Labute approximate surface area is 219 Å². The standard InChI is InChI=1S/C31H25N3O4/c1-20-12-15-23(16-13-20)31(36)38-26-17-14-21(18-27(26)37-2)19-32-34-30(35)29-28(22-8-4-3-5-9-22)24-10-6-7-11-25(24)33-29/h3-19,33H,1-2H3,(H,34,35). The Hall–Kier alpha value is -5.17. The molecule has 7 nitrogen and oxygen atoms in total. The van der Waals surface area contributed by atoms with Crippen molar-refractivity contribution in [2.75, 3.05) is 7.11 Å². The van der Waals surface area contributed by atoms with Gasteiger partial charge >= 0.3 is 5.97 Å². The van der Waals surface area contributed by atoms with Gasteiger partial charge in [0.2, 0.25) is 0 Å². The van der Waals surface area contributed by atoms with Crippen LogP contribution in [0.15, 0.2) is 102 Å². The maximum absolute atomic E-state index is 13.1. The summed E-state index contributed by atoms with van der Waals surface area (Å²) < 4.78 is 10.9. The highest BCUT2D eigenvalue weighted by molar-refractivity contribution is 6.09. The topological polar surface area (TPSA) is 92.8 Å². The first-order chi connectivity index (χ1) is 18.5. The molecule has 0 bridgehead atoms. The summed E-state index contributed by atoms with van der Waals surface area (Å²) in [4.78, 5) is 28.8. The van der Waals surface area contributed by atoms with Gasteiger partial charge in [0.1, 0.15) is 5.69 Å². The van der Waals surface area contributed by atoms with E-state index in [4.69, 9.17) is 9.47 Å². The molecule has 0 spiro atoms. The van der Waals surface area contributed by atoms with E-state index in [0.29, 0.717) is 22.6 Å². The molecule has 38 heavy (non-hydrogen) atoms. The summed E-state index contributed by atoms with van der Waals surface area (Å²) in [6.07, 6.45) is 1.50. The molecule has 0 saturated heterocycles. The number of rotatable bonds is 7. The molecule has 0 saturated carbocycles. The number of fused-ring (bicyclic) bond motifs is 1. The van der Waals surface area contributed by atoms with Crippen LogP contribution in [0.1, 0.15) is 32.0 Å². The lowest BCUT2D eigenvalue weighted by atomic mass is 10.0. The molecule has 0 aliphatic heterocycles. The van der Waals surface area contributed by atoms with Crippen LogP contribution < -0.4 is 14.9 Å². The molecule has 0 atom stereocenters. The van der Waals surface area contributed by atoms with E-state index in [2.05, 4.69) is 15.5 Å². The normalized spacial score (nSPS) is 11.0. The van der Waals surface area contributed by atoms with E-state index in [-0.39, 0.29) is 11.7 Å². The van der Waals surface area contributed by atoms with Crippen molar-refractivity contribution in [3.8, 4) is 22.6 Å². The van der Waals surface area contributed by atoms with Crippen molar-refractivity contribution in [3.05, 3.63) is 119 Å². The summed E-state index contributed by atoms with van der Waals surface area (Å²) in [5.74, 6) is -0.205. The third kappa shape index (κ3) is 5.17. The number of hydrogen-bond donors (Lipinski definition) is 2. The summed E-state index contributed by atoms with van der Waals surface area (Å²) in [6, 6.07) is 29.7. The highest BCUT2D eigenvalue weighted by Gasteiger charge is 2.19. The fourth-order valence-electron chi connectivity index (χ4n) is 4.14. The van der Waals surface area contributed by atoms with E-state index in [1.165, 1.54) is 13.3 Å². The summed E-state index contributed by atoms with van der Waals surface area (Å²) >= 11 is 0. The number of nitrogens with one attached hydrogen (secondary N) is 2. The number of esters is 1. The van der Waals surface area contributed by atoms with Gasteiger partial charge in [-0.25, -0.2) is 10.2 Å². The van der Waals surface area contributed by atoms with Crippen LogP contribution in [0.25, 0.3) is 22.0 Å². The number of nitrogens with zero attached hydrogens (tertiary/aromatic N) is 1. The Morgan fingerprint density at radius 2 is 1.61 bits per heavy atom. The predicted octanol–water partition coefficient (Wildman–Crippen LogP) is 6.14. The minimum absolute atomic E-state index is 0.282. The molecule has 2 N–H and O–H groups in total. The van der Waals surface area contributed by atoms with Gasteiger partial charge < -0.3 is 14.5 Å². The number of amides is 1. The van der Waals surface area contributed by atoms with Crippen molar-refractivity contribution in [1.82, 2.24) is 10.4 Å². The number of aromatic nitrogens is 1. The monoisotopic (exact) mass is 503 g/mol. The van der Waals surface area contributed by atoms with E-state index < -0.39 is 5.97 Å². The lowest BCUT2D eigenvalue weighted by Gasteiger charge is -2.10. The molecule has 5 rings (SSSR count). The smallest absolute Gasteiger partial charge is 0.343 e. The summed E-state index contributed by atoms with van der Waals surface area (Å²) in [5, 5.41) is 5.09. The number of hydrazone groups is 1. The van der Waals surface area contributed by atoms with Crippen molar-refractivity contribution >= 4 is 29.0 Å². The molecular formula is C31H25N3O4. The molecule has 0 aliphatic carbocycles. The van der Waals surface area contributed by atoms with Crippen molar-refractivity contribution < 1.29 is 19.1 Å². The molecule has 188 valence electrons. The second kappa shape index (κ2) is 10.8. The molecule has 1 amide bonds. The first kappa shape index (κ1) is 24.5. The molecule has 4 aromatic carbocycles. The van der Waals surface area contributed by atoms with E-state index in [0.717, 1.165) is 27.6 Å². The van der Waals surface area contributed by atoms with Gasteiger partial charge in [-0.05, 0) is 54.4 Å². The number of H-pyrrole nitrogens is 1. The lowest BCUT2D eigenvalue weighted by Crippen LogP contribution is -2.18. The SMILES string of the molecule is COc1cc(C=NNC(=O)c2[nH]c3ccccc3c2-c2ccccc2)ccc1OC(=O)c1ccc(C)cc1. The van der Waals surface area contributed by atoms with E-state index in [9.17, 15) is 9.59 Å². The zero-order valence-corrected chi connectivity index (χ0v) is 20.9. The van der Waals surface area contributed by atoms with Gasteiger partial charge in [0, 0.05) is 16.5 Å². The van der Waals surface area contributed by atoms with Crippen molar-refractivity contribution in [2.45, 2.75) is 6.92 Å². The van der Waals surface area contributed by atoms with Gasteiger partial charge in [-0.3, -0.25) is 4.79 Å². The van der Waals surface area contributed by atoms with Gasteiger partial charge in [0.15, 0.2) is 11.5 Å². The second-order valence-electron chi connectivity index (χ2n) is 8.65. The van der Waals surface area contributed by atoms with Gasteiger partial charge in [0.05, 0.1) is 18.9 Å². The number of aromatic amines is 1. The van der Waals surface area contributed by atoms with Crippen molar-refractivity contribution in [2.24, 2.45) is 5.10 Å². The zero-order valence-electron chi connectivity index (χ0n) is 20.9. The van der Waals surface area contributed by atoms with Gasteiger partial charge in [-0.1, -0.05) is 66.2 Å². The lowest BCUT2D eigenvalue weighted by molar-refractivity contribution is 0.0729. The molecule has 5 aromatic rings. The third-order valence-electron chi connectivity index (χ3n) is 6.05. The fourth-order valence-corrected chi connectivity index (χ4v) is 4.14. The van der Waals surface area contributed by atoms with Crippen molar-refractivity contribution in [3.63, 3.8) is 0 Å². The Balaban J connectivity index is 1.33. The third-order valence-corrected chi connectivity index (χ3v) is 6.05. The van der Waals surface area contributed by atoms with Gasteiger partial charge in [-0.15, -0.1) is 0 Å². The number of ether oxygens (including phenoxy) is 2. The summed E-state index contributed by atoms with van der Waals surface area (Å²) in [6.45, 7) is 1.95. The first-order valence-corrected chi connectivity index (χ1v) is 12.0. The second-order valence-corrected chi connectivity index (χ2v) is 8.65. The van der Waals surface area contributed by atoms with Crippen molar-refractivity contribution in [1.29, 1.82) is 0 Å². The molecular weight excluding hydrogens is 478 g/mol. The zero-order chi connectivity index (χ0) is 26.5. The van der Waals surface area contributed by atoms with Gasteiger partial charge in [0.25, 0.3) is 5.91 Å². The minimum atomic E-state index is -0.482. The molecule has 1 aromatic heterocycles. The summed E-state index contributed by atoms with van der Waals surface area (Å²) in [5.41, 5.74) is 7.78. The average Bonchev–Trinajstić information content (AvgIpc) is 3.34. The highest BCUT2D eigenvalue weighted by atomic mass is 16.6. The van der Waals surface area contributed by atoms with Crippen LogP contribution in [0.4, 0.5) is 0 Å². The molecule has 0 unspecified atom stereocenters. The van der Waals surface area contributed by atoms with Crippen LogP contribution in [0, 0.1) is 6.92 Å². The largest absolute Gasteiger partial charge is 0.493 e. The number of carbonyl (C=O) groups excluding carboxylic acids is 2. The van der Waals surface area contributed by atoms with E-state index in [1.54, 1.807) is 30.3 Å². The van der Waals surface area contributed by atoms with Crippen LogP contribution in [0.3, 0.4) is 0 Å². The number of benzene rings is 4. The maximum atomic E-state index is 13.1. The number of aryl methyl sites for hydroxylation is 1. The van der Waals surface area contributed by atoms with Crippen LogP contribution in [-0.2, 0) is 0 Å². The Morgan fingerprint density at radius 1 is 0.868 bits per heavy atom. The average molecular weight is 504 g/mol. The number of methoxy groups -OCH3 is 1. The first-order valence-electron chi connectivity index (χ1n) is 12.0. The highest BCUT2D eigenvalue weighted by Crippen LogP contribution is 2.32. The molecule has 0 fully saturated rings. The number of hydrogen-bond acceptors (Lipinski definition) is 5. The fraction of sp³-hybridized carbons (Fsp3) is 0.0645. The van der Waals surface area contributed by atoms with Gasteiger partial charge in [-0.2, -0.15) is 5.10 Å². The minimum Gasteiger partial charge on any atom is -0.493 e. The van der Waals surface area contributed by atoms with E-state index >= 15 is 0 Å². The quantitative estimate of drug-likeness (QED) is 0.121. The molecule has 1 heterocycles. The molecule has 0 aliphatic rings. The maximum Gasteiger partial charge on any atom is 0.343 e. The van der Waals surface area contributed by atoms with Crippen LogP contribution >= 0.6 is 0 Å². The molecule has 7 heteroatoms. The Kier molecular flexibility index (Phi) is 6.99. The van der Waals surface area contributed by atoms with Crippen LogP contribution in [-0.4, -0.2) is 30.2 Å². The predicted molar refractivity (Wildman–Crippen MR) is 148 cm³/mol. The Morgan fingerprint density at radius 3 is 2.37 bits per heavy atom. The summed E-state index contributed by atoms with van der Waals surface area (Å²) in [7, 11) is 1.49. The number of carbonyl (C=O) groups is 2. The van der Waals surface area contributed by atoms with Crippen LogP contribution in [0.5, 0.6) is 11.5 Å². The molecule has 0 radical (unpaired) electrons. The Bertz CT molecular complexity index is 1640. The number of para-hydroxylation sites is 1.